The molecule has 184 valence electrons. The number of ketones is 1. The molecule has 0 saturated heterocycles. The van der Waals surface area contributed by atoms with E-state index in [1.807, 2.05) is 20.8 Å². The van der Waals surface area contributed by atoms with Crippen LogP contribution in [0.1, 0.15) is 88.8 Å². The average Bonchev–Trinajstić information content (AvgIpc) is 3.07. The molecule has 1 aromatic carbocycles. The molecule has 0 bridgehead atoms. The molecule has 33 heavy (non-hydrogen) atoms. The summed E-state index contributed by atoms with van der Waals surface area (Å²) in [6.07, 6.45) is -0.0841. The van der Waals surface area contributed by atoms with Crippen molar-refractivity contribution in [3.8, 4) is 0 Å². The summed E-state index contributed by atoms with van der Waals surface area (Å²) < 4.78 is 74.9. The van der Waals surface area contributed by atoms with Gasteiger partial charge >= 0.3 is 6.18 Å². The number of benzene rings is 1. The van der Waals surface area contributed by atoms with Gasteiger partial charge in [0.1, 0.15) is 5.78 Å². The van der Waals surface area contributed by atoms with Crippen LogP contribution in [0.3, 0.4) is 0 Å². The molecule has 4 nitrogen and oxygen atoms in total. The van der Waals surface area contributed by atoms with Gasteiger partial charge in [-0.05, 0) is 91.4 Å². The molecule has 3 aliphatic carbocycles. The van der Waals surface area contributed by atoms with Crippen molar-refractivity contribution in [1.29, 1.82) is 0 Å². The molecule has 1 aromatic rings. The molecule has 0 heterocycles. The number of Topliss-reactive ketones (excluding diaryl/α,β-unsaturated/α-hetero) is 1. The summed E-state index contributed by atoms with van der Waals surface area (Å²) in [5, 5.41) is 0. The van der Waals surface area contributed by atoms with Gasteiger partial charge in [-0.15, -0.1) is 0 Å². The van der Waals surface area contributed by atoms with Gasteiger partial charge in [0.15, 0.2) is 0 Å². The van der Waals surface area contributed by atoms with Gasteiger partial charge in [-0.3, -0.25) is 9.35 Å². The number of carbonyl (C=O) groups excluding carboxylic acids is 1. The van der Waals surface area contributed by atoms with Crippen molar-refractivity contribution in [3.63, 3.8) is 0 Å². The van der Waals surface area contributed by atoms with Crippen molar-refractivity contribution >= 4 is 15.9 Å². The van der Waals surface area contributed by atoms with Gasteiger partial charge in [0, 0.05) is 11.3 Å². The molecule has 4 rings (SSSR count). The van der Waals surface area contributed by atoms with Gasteiger partial charge < -0.3 is 0 Å². The van der Waals surface area contributed by atoms with Gasteiger partial charge in [-0.2, -0.15) is 21.6 Å². The predicted octanol–water partition coefficient (Wildman–Crippen LogP) is 6.43. The number of alkyl halides is 3. The van der Waals surface area contributed by atoms with Crippen LogP contribution in [0.4, 0.5) is 13.2 Å². The summed E-state index contributed by atoms with van der Waals surface area (Å²) in [6.45, 7) is 8.14. The van der Waals surface area contributed by atoms with Crippen molar-refractivity contribution in [3.05, 3.63) is 28.8 Å². The van der Waals surface area contributed by atoms with E-state index in [4.69, 9.17) is 0 Å². The highest BCUT2D eigenvalue weighted by atomic mass is 32.2. The maximum Gasteiger partial charge on any atom is 0.416 e. The second-order valence-electron chi connectivity index (χ2n) is 11.2. The molecular weight excluding hydrogens is 453 g/mol. The molecule has 0 aromatic heterocycles. The number of rotatable bonds is 4. The smallest absolute Gasteiger partial charge is 0.299 e. The number of halogens is 3. The van der Waals surface area contributed by atoms with E-state index >= 15 is 0 Å². The summed E-state index contributed by atoms with van der Waals surface area (Å²) in [5.74, 6) is 0.110. The van der Waals surface area contributed by atoms with Crippen molar-refractivity contribution in [2.75, 3.05) is 0 Å². The maximum atomic E-state index is 14.1. The van der Waals surface area contributed by atoms with E-state index < -0.39 is 32.2 Å². The van der Waals surface area contributed by atoms with E-state index in [1.54, 1.807) is 0 Å². The Bertz CT molecular complexity index is 1080. The summed E-state index contributed by atoms with van der Waals surface area (Å²) in [7, 11) is -4.74. The Morgan fingerprint density at radius 3 is 2.39 bits per heavy atom. The summed E-state index contributed by atoms with van der Waals surface area (Å²) in [6, 6.07) is 1.81. The molecule has 0 spiro atoms. The molecule has 1 N–H and O–H groups in total. The fourth-order valence-electron chi connectivity index (χ4n) is 7.16. The normalized spacial score (nSPS) is 32.1. The van der Waals surface area contributed by atoms with Crippen LogP contribution in [0.15, 0.2) is 17.0 Å². The third-order valence-corrected chi connectivity index (χ3v) is 10.1. The Kier molecular flexibility index (Phi) is 5.84. The Morgan fingerprint density at radius 1 is 1.15 bits per heavy atom. The third-order valence-electron chi connectivity index (χ3n) is 9.26. The first-order valence-corrected chi connectivity index (χ1v) is 13.3. The highest BCUT2D eigenvalue weighted by Gasteiger charge is 2.58. The Labute approximate surface area is 194 Å². The highest BCUT2D eigenvalue weighted by Crippen LogP contribution is 2.64. The first kappa shape index (κ1) is 24.7. The van der Waals surface area contributed by atoms with E-state index in [1.165, 1.54) is 6.07 Å². The minimum absolute atomic E-state index is 0.0384. The molecule has 2 saturated carbocycles. The summed E-state index contributed by atoms with van der Waals surface area (Å²) in [5.41, 5.74) is -0.982. The van der Waals surface area contributed by atoms with Gasteiger partial charge in [0.2, 0.25) is 0 Å². The summed E-state index contributed by atoms with van der Waals surface area (Å²) >= 11 is 0. The quantitative estimate of drug-likeness (QED) is 0.498. The van der Waals surface area contributed by atoms with E-state index in [2.05, 4.69) is 6.92 Å². The van der Waals surface area contributed by atoms with Gasteiger partial charge in [0.25, 0.3) is 10.1 Å². The Balaban J connectivity index is 1.75. The fraction of sp³-hybridized carbons (Fsp3) is 0.720. The Morgan fingerprint density at radius 2 is 1.82 bits per heavy atom. The van der Waals surface area contributed by atoms with Crippen LogP contribution in [0.25, 0.3) is 0 Å². The van der Waals surface area contributed by atoms with Gasteiger partial charge in [0.05, 0.1) is 10.5 Å². The highest BCUT2D eigenvalue weighted by molar-refractivity contribution is 7.85. The SMILES string of the molecule is CCC(C)(C)C(=O)[C@H]1CC[C@H]2[C@@H]3CCc4cc(S(=O)(=O)O)cc(C(F)(F)F)c4[C@H]3CC[C@]12C. The third kappa shape index (κ3) is 3.95. The molecule has 5 atom stereocenters. The monoisotopic (exact) mass is 486 g/mol. The molecule has 2 fully saturated rings. The number of hydrogen-bond acceptors (Lipinski definition) is 3. The van der Waals surface area contributed by atoms with E-state index in [9.17, 15) is 30.9 Å². The van der Waals surface area contributed by atoms with Gasteiger partial charge in [-0.25, -0.2) is 0 Å². The van der Waals surface area contributed by atoms with E-state index in [0.29, 0.717) is 37.3 Å². The predicted molar refractivity (Wildman–Crippen MR) is 118 cm³/mol. The molecule has 0 aliphatic heterocycles. The fourth-order valence-corrected chi connectivity index (χ4v) is 7.72. The lowest BCUT2D eigenvalue weighted by Crippen LogP contribution is -2.46. The van der Waals surface area contributed by atoms with Crippen LogP contribution in [-0.2, 0) is 27.5 Å². The zero-order valence-corrected chi connectivity index (χ0v) is 20.4. The molecule has 0 unspecified atom stereocenters. The first-order valence-electron chi connectivity index (χ1n) is 11.9. The zero-order chi connectivity index (χ0) is 24.6. The van der Waals surface area contributed by atoms with Crippen LogP contribution >= 0.6 is 0 Å². The lowest BCUT2D eigenvalue weighted by molar-refractivity contribution is -0.139. The second-order valence-corrected chi connectivity index (χ2v) is 12.6. The minimum Gasteiger partial charge on any atom is -0.299 e. The Hall–Kier alpha value is -1.41. The van der Waals surface area contributed by atoms with Crippen LogP contribution in [0, 0.1) is 28.6 Å². The number of carbonyl (C=O) groups is 1. The van der Waals surface area contributed by atoms with Crippen molar-refractivity contribution in [2.24, 2.45) is 28.6 Å². The van der Waals surface area contributed by atoms with E-state index in [-0.39, 0.29) is 40.4 Å². The molecule has 8 heteroatoms. The zero-order valence-electron chi connectivity index (χ0n) is 19.6. The molecule has 0 radical (unpaired) electrons. The van der Waals surface area contributed by atoms with Crippen molar-refractivity contribution in [2.45, 2.75) is 89.6 Å². The number of fused-ring (bicyclic) bond motifs is 5. The minimum atomic E-state index is -4.74. The molecular formula is C25H33F3O4S. The van der Waals surface area contributed by atoms with E-state index in [0.717, 1.165) is 19.3 Å². The van der Waals surface area contributed by atoms with Crippen LogP contribution in [0.2, 0.25) is 0 Å². The number of aryl methyl sites for hydroxylation is 1. The lowest BCUT2D eigenvalue weighted by Gasteiger charge is -2.51. The van der Waals surface area contributed by atoms with Crippen LogP contribution in [0.5, 0.6) is 0 Å². The second kappa shape index (κ2) is 7.80. The maximum absolute atomic E-state index is 14.1. The molecule has 3 aliphatic rings. The summed E-state index contributed by atoms with van der Waals surface area (Å²) in [4.78, 5) is 12.7. The van der Waals surface area contributed by atoms with Crippen molar-refractivity contribution < 1.29 is 30.9 Å². The molecule has 0 amide bonds. The van der Waals surface area contributed by atoms with Crippen molar-refractivity contribution in [1.82, 2.24) is 0 Å². The topological polar surface area (TPSA) is 71.4 Å². The number of hydrogen-bond donors (Lipinski definition) is 1. The first-order chi connectivity index (χ1) is 15.1. The standard InChI is InChI=1S/C25H33F3O4S/c1-5-23(2,3)22(29)19-9-8-18-16-7-6-14-12-15(33(30,31)32)13-20(25(26,27)28)21(14)17(16)10-11-24(18,19)4/h12-13,16-19H,5-11H2,1-4H3,(H,30,31,32)/t16-,17+,18+,19-,24+/m1/s1. The average molecular weight is 487 g/mol. The van der Waals surface area contributed by atoms with Crippen LogP contribution in [-0.4, -0.2) is 18.8 Å². The lowest BCUT2D eigenvalue weighted by atomic mass is 9.52. The largest absolute Gasteiger partial charge is 0.416 e. The van der Waals surface area contributed by atoms with Crippen LogP contribution < -0.4 is 0 Å². The van der Waals surface area contributed by atoms with Gasteiger partial charge in [-0.1, -0.05) is 27.7 Å².